The van der Waals surface area contributed by atoms with Crippen molar-refractivity contribution in [2.75, 3.05) is 22.8 Å². The fourth-order valence-electron chi connectivity index (χ4n) is 3.73. The molecule has 0 aliphatic carbocycles. The van der Waals surface area contributed by atoms with Crippen molar-refractivity contribution >= 4 is 55.8 Å². The highest BCUT2D eigenvalue weighted by atomic mass is 35.5. The van der Waals surface area contributed by atoms with Gasteiger partial charge in [0.05, 0.1) is 21.3 Å². The predicted octanol–water partition coefficient (Wildman–Crippen LogP) is 5.41. The van der Waals surface area contributed by atoms with Gasteiger partial charge in [-0.2, -0.15) is 0 Å². The van der Waals surface area contributed by atoms with Crippen molar-refractivity contribution in [3.63, 3.8) is 0 Å². The molecule has 3 aromatic carbocycles. The molecular formula is C26H23ClN2O6S. The molecule has 0 unspecified atom stereocenters. The molecule has 1 heterocycles. The van der Waals surface area contributed by atoms with Gasteiger partial charge in [-0.1, -0.05) is 48.0 Å². The molecule has 36 heavy (non-hydrogen) atoms. The summed E-state index contributed by atoms with van der Waals surface area (Å²) >= 11 is 6.20. The topological polar surface area (TPSA) is 106 Å². The molecule has 4 rings (SSSR count). The number of amides is 1. The van der Waals surface area contributed by atoms with Crippen molar-refractivity contribution in [2.24, 2.45) is 0 Å². The number of furan rings is 1. The third-order valence-corrected chi connectivity index (χ3v) is 7.72. The van der Waals surface area contributed by atoms with Crippen molar-refractivity contribution in [3.05, 3.63) is 89.1 Å². The van der Waals surface area contributed by atoms with E-state index in [1.165, 1.54) is 22.5 Å². The van der Waals surface area contributed by atoms with Gasteiger partial charge in [-0.3, -0.25) is 9.10 Å². The van der Waals surface area contributed by atoms with Gasteiger partial charge in [0.1, 0.15) is 5.58 Å². The Morgan fingerprint density at radius 2 is 1.72 bits per heavy atom. The largest absolute Gasteiger partial charge is 0.450 e. The Morgan fingerprint density at radius 3 is 2.42 bits per heavy atom. The fourth-order valence-corrected chi connectivity index (χ4v) is 5.39. The lowest BCUT2D eigenvalue weighted by Gasteiger charge is -2.23. The van der Waals surface area contributed by atoms with E-state index in [0.29, 0.717) is 16.8 Å². The summed E-state index contributed by atoms with van der Waals surface area (Å²) in [7, 11) is -3.93. The molecule has 1 N–H and O–H groups in total. The van der Waals surface area contributed by atoms with Crippen LogP contribution in [0.3, 0.4) is 0 Å². The molecule has 10 heteroatoms. The lowest BCUT2D eigenvalue weighted by atomic mass is 10.1. The Balaban J connectivity index is 1.48. The number of esters is 1. The third kappa shape index (κ3) is 5.07. The van der Waals surface area contributed by atoms with Crippen LogP contribution in [0.2, 0.25) is 5.02 Å². The Labute approximate surface area is 213 Å². The minimum atomic E-state index is -3.93. The number of carbonyl (C=O) groups excluding carboxylic acids is 2. The Morgan fingerprint density at radius 1 is 1.03 bits per heavy atom. The Hall–Kier alpha value is -3.82. The molecule has 0 spiro atoms. The van der Waals surface area contributed by atoms with Crippen LogP contribution in [0, 0.1) is 6.92 Å². The number of nitrogens with one attached hydrogen (secondary N) is 1. The van der Waals surface area contributed by atoms with Gasteiger partial charge in [-0.05, 0) is 50.2 Å². The highest BCUT2D eigenvalue weighted by Crippen LogP contribution is 2.29. The zero-order valence-corrected chi connectivity index (χ0v) is 21.1. The normalized spacial score (nSPS) is 11.3. The van der Waals surface area contributed by atoms with Crippen LogP contribution in [0.1, 0.15) is 23.0 Å². The number of carbonyl (C=O) groups is 2. The number of hydrogen-bond donors (Lipinski definition) is 1. The quantitative estimate of drug-likeness (QED) is 0.308. The molecule has 0 aliphatic heterocycles. The van der Waals surface area contributed by atoms with Crippen LogP contribution in [-0.4, -0.2) is 33.4 Å². The van der Waals surface area contributed by atoms with Gasteiger partial charge in [0.25, 0.3) is 15.9 Å². The lowest BCUT2D eigenvalue weighted by molar-refractivity contribution is -0.119. The van der Waals surface area contributed by atoms with Crippen LogP contribution < -0.4 is 9.62 Å². The van der Waals surface area contributed by atoms with E-state index >= 15 is 0 Å². The monoisotopic (exact) mass is 526 g/mol. The zero-order chi connectivity index (χ0) is 25.9. The number of ether oxygens (including phenoxy) is 1. The Bertz CT molecular complexity index is 1530. The molecule has 1 aromatic heterocycles. The molecule has 0 saturated carbocycles. The number of benzene rings is 3. The minimum absolute atomic E-state index is 0.00990. The number of aryl methyl sites for hydroxylation is 1. The van der Waals surface area contributed by atoms with Gasteiger partial charge in [0.2, 0.25) is 5.76 Å². The van der Waals surface area contributed by atoms with Gasteiger partial charge >= 0.3 is 5.97 Å². The number of para-hydroxylation sites is 2. The van der Waals surface area contributed by atoms with Gasteiger partial charge < -0.3 is 14.5 Å². The van der Waals surface area contributed by atoms with Crippen LogP contribution in [0.5, 0.6) is 0 Å². The number of hydrogen-bond acceptors (Lipinski definition) is 6. The van der Waals surface area contributed by atoms with Crippen molar-refractivity contribution in [2.45, 2.75) is 18.7 Å². The van der Waals surface area contributed by atoms with Crippen LogP contribution in [0.25, 0.3) is 11.0 Å². The van der Waals surface area contributed by atoms with E-state index in [1.54, 1.807) is 56.3 Å². The fraction of sp³-hybridized carbons (Fsp3) is 0.154. The van der Waals surface area contributed by atoms with Gasteiger partial charge in [0.15, 0.2) is 6.61 Å². The first-order chi connectivity index (χ1) is 17.2. The summed E-state index contributed by atoms with van der Waals surface area (Å²) in [5, 5.41) is 3.41. The lowest BCUT2D eigenvalue weighted by Crippen LogP contribution is -2.30. The molecule has 186 valence electrons. The second-order valence-electron chi connectivity index (χ2n) is 7.82. The third-order valence-electron chi connectivity index (χ3n) is 5.49. The molecule has 0 aliphatic rings. The summed E-state index contributed by atoms with van der Waals surface area (Å²) < 4.78 is 38.5. The minimum Gasteiger partial charge on any atom is -0.450 e. The SMILES string of the molecule is CCN(c1ccccc1)S(=O)(=O)c1ccc(Cl)c(NC(=O)COC(=O)c2oc3ccccc3c2C)c1. The maximum Gasteiger partial charge on any atom is 0.375 e. The summed E-state index contributed by atoms with van der Waals surface area (Å²) in [5.41, 5.74) is 1.72. The highest BCUT2D eigenvalue weighted by Gasteiger charge is 2.25. The average Bonchev–Trinajstić information content (AvgIpc) is 3.21. The van der Waals surface area contributed by atoms with E-state index in [-0.39, 0.29) is 27.9 Å². The second kappa shape index (κ2) is 10.4. The molecule has 0 bridgehead atoms. The zero-order valence-electron chi connectivity index (χ0n) is 19.5. The second-order valence-corrected chi connectivity index (χ2v) is 10.1. The van der Waals surface area contributed by atoms with Gasteiger partial charge in [0, 0.05) is 17.5 Å². The van der Waals surface area contributed by atoms with Gasteiger partial charge in [-0.15, -0.1) is 0 Å². The average molecular weight is 527 g/mol. The van der Waals surface area contributed by atoms with Crippen LogP contribution in [0.15, 0.2) is 82.1 Å². The van der Waals surface area contributed by atoms with Gasteiger partial charge in [-0.25, -0.2) is 13.2 Å². The number of nitrogens with zero attached hydrogens (tertiary/aromatic N) is 1. The molecule has 0 saturated heterocycles. The number of fused-ring (bicyclic) bond motifs is 1. The van der Waals surface area contributed by atoms with Crippen molar-refractivity contribution in [3.8, 4) is 0 Å². The summed E-state index contributed by atoms with van der Waals surface area (Å²) in [6.45, 7) is 3.03. The molecular weight excluding hydrogens is 504 g/mol. The summed E-state index contributed by atoms with van der Waals surface area (Å²) in [6, 6.07) is 19.8. The smallest absolute Gasteiger partial charge is 0.375 e. The molecule has 0 fully saturated rings. The molecule has 1 amide bonds. The highest BCUT2D eigenvalue weighted by molar-refractivity contribution is 7.92. The molecule has 0 radical (unpaired) electrons. The van der Waals surface area contributed by atoms with E-state index < -0.39 is 28.5 Å². The number of anilines is 2. The maximum absolute atomic E-state index is 13.3. The van der Waals surface area contributed by atoms with E-state index in [0.717, 1.165) is 5.39 Å². The number of rotatable bonds is 8. The number of halogens is 1. The summed E-state index contributed by atoms with van der Waals surface area (Å²) in [6.07, 6.45) is 0. The molecule has 0 atom stereocenters. The summed E-state index contributed by atoms with van der Waals surface area (Å²) in [5.74, 6) is -1.47. The summed E-state index contributed by atoms with van der Waals surface area (Å²) in [4.78, 5) is 24.9. The molecule has 4 aromatic rings. The Kier molecular flexibility index (Phi) is 7.32. The molecule has 8 nitrogen and oxygen atoms in total. The number of sulfonamides is 1. The van der Waals surface area contributed by atoms with Crippen molar-refractivity contribution < 1.29 is 27.2 Å². The van der Waals surface area contributed by atoms with E-state index in [4.69, 9.17) is 20.8 Å². The standard InChI is InChI=1S/C26H23ClN2O6S/c1-3-29(18-9-5-4-6-10-18)36(32,33)19-13-14-21(27)22(15-19)28-24(30)16-34-26(31)25-17(2)20-11-7-8-12-23(20)35-25/h4-15H,3,16H2,1-2H3,(H,28,30). The van der Waals surface area contributed by atoms with Crippen LogP contribution in [-0.2, 0) is 19.6 Å². The van der Waals surface area contributed by atoms with E-state index in [9.17, 15) is 18.0 Å². The van der Waals surface area contributed by atoms with Crippen LogP contribution in [0.4, 0.5) is 11.4 Å². The maximum atomic E-state index is 13.3. The van der Waals surface area contributed by atoms with Crippen LogP contribution >= 0.6 is 11.6 Å². The first-order valence-corrected chi connectivity index (χ1v) is 12.9. The van der Waals surface area contributed by atoms with E-state index in [1.807, 2.05) is 12.1 Å². The van der Waals surface area contributed by atoms with Crippen molar-refractivity contribution in [1.29, 1.82) is 0 Å². The predicted molar refractivity (Wildman–Crippen MR) is 138 cm³/mol. The first-order valence-electron chi connectivity index (χ1n) is 11.0. The van der Waals surface area contributed by atoms with Crippen molar-refractivity contribution in [1.82, 2.24) is 0 Å². The first kappa shape index (κ1) is 25.3. The van der Waals surface area contributed by atoms with E-state index in [2.05, 4.69) is 5.32 Å².